The summed E-state index contributed by atoms with van der Waals surface area (Å²) in [6.07, 6.45) is 4.55. The molecule has 2 heterocycles. The predicted octanol–water partition coefficient (Wildman–Crippen LogP) is 3.00. The van der Waals surface area contributed by atoms with Gasteiger partial charge in [-0.1, -0.05) is 53.7 Å². The van der Waals surface area contributed by atoms with E-state index in [4.69, 9.17) is 11.6 Å². The first-order chi connectivity index (χ1) is 11.7. The van der Waals surface area contributed by atoms with E-state index in [1.807, 2.05) is 36.6 Å². The molecule has 1 fully saturated rings. The topological polar surface area (TPSA) is 42.2 Å². The maximum atomic E-state index is 6.49. The van der Waals surface area contributed by atoms with Crippen molar-refractivity contribution >= 4 is 29.2 Å². The fourth-order valence-electron chi connectivity index (χ4n) is 3.41. The highest BCUT2D eigenvalue weighted by molar-refractivity contribution is 7.98. The van der Waals surface area contributed by atoms with Crippen LogP contribution in [0.5, 0.6) is 0 Å². The number of hydrogen-bond acceptors (Lipinski definition) is 4. The Morgan fingerprint density at radius 1 is 1.29 bits per heavy atom. The summed E-state index contributed by atoms with van der Waals surface area (Å²) in [6.45, 7) is 5.63. The van der Waals surface area contributed by atoms with Gasteiger partial charge in [0.1, 0.15) is 17.0 Å². The van der Waals surface area contributed by atoms with Crippen LogP contribution in [0.15, 0.2) is 35.5 Å². The van der Waals surface area contributed by atoms with Crippen molar-refractivity contribution in [3.63, 3.8) is 0 Å². The molecule has 4 nitrogen and oxygen atoms in total. The van der Waals surface area contributed by atoms with Crippen LogP contribution in [0.25, 0.3) is 11.1 Å². The van der Waals surface area contributed by atoms with Gasteiger partial charge in [-0.15, -0.1) is 0 Å². The van der Waals surface area contributed by atoms with Crippen LogP contribution in [0.2, 0.25) is 5.15 Å². The average molecular weight is 364 g/mol. The zero-order chi connectivity index (χ0) is 16.9. The Hall–Kier alpha value is -1.30. The molecule has 1 saturated heterocycles. The quantitative estimate of drug-likeness (QED) is 0.470. The second-order valence-electron chi connectivity index (χ2n) is 6.07. The smallest absolute Gasteiger partial charge is 0.190 e. The van der Waals surface area contributed by atoms with Gasteiger partial charge in [-0.3, -0.25) is 0 Å². The molecular formula is C18H24ClN4S+. The SMILES string of the molecule is CC[NH+]1CCC[C@H]1CNc1nc(SC)nc(Cl)c1-c1ccccc1. The highest BCUT2D eigenvalue weighted by Crippen LogP contribution is 2.33. The van der Waals surface area contributed by atoms with Crippen molar-refractivity contribution in [1.29, 1.82) is 0 Å². The first-order valence-electron chi connectivity index (χ1n) is 8.48. The average Bonchev–Trinajstić information content (AvgIpc) is 3.07. The van der Waals surface area contributed by atoms with Crippen molar-refractivity contribution in [3.8, 4) is 11.1 Å². The van der Waals surface area contributed by atoms with Gasteiger partial charge in [0.25, 0.3) is 0 Å². The summed E-state index contributed by atoms with van der Waals surface area (Å²) in [5.74, 6) is 0.841. The van der Waals surface area contributed by atoms with Gasteiger partial charge in [0, 0.05) is 12.8 Å². The van der Waals surface area contributed by atoms with Crippen LogP contribution in [0.3, 0.4) is 0 Å². The van der Waals surface area contributed by atoms with E-state index in [9.17, 15) is 0 Å². The number of quaternary nitrogens is 1. The second-order valence-corrected chi connectivity index (χ2v) is 7.20. The summed E-state index contributed by atoms with van der Waals surface area (Å²) in [5, 5.41) is 4.77. The Morgan fingerprint density at radius 2 is 2.08 bits per heavy atom. The maximum absolute atomic E-state index is 6.49. The molecule has 3 rings (SSSR count). The summed E-state index contributed by atoms with van der Waals surface area (Å²) in [7, 11) is 0. The van der Waals surface area contributed by atoms with Crippen molar-refractivity contribution in [2.24, 2.45) is 0 Å². The minimum atomic E-state index is 0.508. The molecule has 1 aliphatic heterocycles. The Bertz CT molecular complexity index is 680. The van der Waals surface area contributed by atoms with Gasteiger partial charge in [0.05, 0.1) is 25.2 Å². The third-order valence-corrected chi connectivity index (χ3v) is 5.51. The number of rotatable bonds is 6. The molecule has 2 aromatic rings. The zero-order valence-corrected chi connectivity index (χ0v) is 15.8. The monoisotopic (exact) mass is 363 g/mol. The van der Waals surface area contributed by atoms with Gasteiger partial charge >= 0.3 is 0 Å². The van der Waals surface area contributed by atoms with E-state index in [-0.39, 0.29) is 0 Å². The van der Waals surface area contributed by atoms with Crippen molar-refractivity contribution < 1.29 is 4.90 Å². The molecule has 128 valence electrons. The van der Waals surface area contributed by atoms with Gasteiger partial charge in [-0.25, -0.2) is 9.97 Å². The highest BCUT2D eigenvalue weighted by atomic mass is 35.5. The lowest BCUT2D eigenvalue weighted by Crippen LogP contribution is -3.14. The van der Waals surface area contributed by atoms with Crippen LogP contribution >= 0.6 is 23.4 Å². The van der Waals surface area contributed by atoms with Crippen molar-refractivity contribution in [2.75, 3.05) is 31.2 Å². The summed E-state index contributed by atoms with van der Waals surface area (Å²) in [4.78, 5) is 10.8. The first kappa shape index (κ1) is 17.5. The number of aromatic nitrogens is 2. The summed E-state index contributed by atoms with van der Waals surface area (Å²) in [5.41, 5.74) is 1.94. The molecule has 0 amide bonds. The standard InChI is InChI=1S/C18H23ClN4S/c1-3-23-11-7-10-14(23)12-20-17-15(13-8-5-4-6-9-13)16(19)21-18(22-17)24-2/h4-6,8-9,14H,3,7,10-12H2,1-2H3,(H,20,21,22)/p+1/t14-/m0/s1. The van der Waals surface area contributed by atoms with Crippen LogP contribution in [0.4, 0.5) is 5.82 Å². The summed E-state index contributed by atoms with van der Waals surface area (Å²) < 4.78 is 0. The Morgan fingerprint density at radius 3 is 2.79 bits per heavy atom. The normalized spacial score (nSPS) is 20.3. The molecule has 6 heteroatoms. The lowest BCUT2D eigenvalue weighted by Gasteiger charge is -2.21. The number of anilines is 1. The van der Waals surface area contributed by atoms with Crippen LogP contribution in [-0.4, -0.2) is 41.9 Å². The van der Waals surface area contributed by atoms with E-state index in [1.165, 1.54) is 37.7 Å². The Labute approximate surface area is 153 Å². The molecule has 1 aromatic heterocycles. The molecule has 2 N–H and O–H groups in total. The van der Waals surface area contributed by atoms with Crippen molar-refractivity contribution in [2.45, 2.75) is 31.0 Å². The molecule has 0 aliphatic carbocycles. The largest absolute Gasteiger partial charge is 0.363 e. The third-order valence-electron chi connectivity index (χ3n) is 4.69. The Balaban J connectivity index is 1.89. The van der Waals surface area contributed by atoms with Crippen molar-refractivity contribution in [3.05, 3.63) is 35.5 Å². The van der Waals surface area contributed by atoms with E-state index in [0.29, 0.717) is 16.4 Å². The number of likely N-dealkylation sites (tertiary alicyclic amines) is 1. The minimum Gasteiger partial charge on any atom is -0.363 e. The molecule has 1 aromatic carbocycles. The number of likely N-dealkylation sites (N-methyl/N-ethyl adjacent to an activating group) is 1. The zero-order valence-electron chi connectivity index (χ0n) is 14.2. The number of halogens is 1. The van der Waals surface area contributed by atoms with E-state index in [0.717, 1.165) is 23.5 Å². The Kier molecular flexibility index (Phi) is 5.98. The number of benzene rings is 1. The fourth-order valence-corrected chi connectivity index (χ4v) is 4.10. The third kappa shape index (κ3) is 3.85. The highest BCUT2D eigenvalue weighted by Gasteiger charge is 2.27. The van der Waals surface area contributed by atoms with Gasteiger partial charge in [-0.05, 0) is 18.7 Å². The molecule has 0 radical (unpaired) electrons. The fraction of sp³-hybridized carbons (Fsp3) is 0.444. The molecule has 1 unspecified atom stereocenters. The van der Waals surface area contributed by atoms with Gasteiger partial charge in [0.2, 0.25) is 0 Å². The van der Waals surface area contributed by atoms with Gasteiger partial charge in [-0.2, -0.15) is 0 Å². The van der Waals surface area contributed by atoms with Gasteiger partial charge < -0.3 is 10.2 Å². The van der Waals surface area contributed by atoms with E-state index < -0.39 is 0 Å². The minimum absolute atomic E-state index is 0.508. The molecule has 2 atom stereocenters. The number of nitrogens with zero attached hydrogens (tertiary/aromatic N) is 2. The molecule has 0 saturated carbocycles. The number of hydrogen-bond donors (Lipinski definition) is 2. The van der Waals surface area contributed by atoms with E-state index in [2.05, 4.69) is 22.2 Å². The molecule has 0 bridgehead atoms. The van der Waals surface area contributed by atoms with Crippen LogP contribution in [0.1, 0.15) is 19.8 Å². The molecule has 0 spiro atoms. The predicted molar refractivity (Wildman–Crippen MR) is 102 cm³/mol. The van der Waals surface area contributed by atoms with Crippen molar-refractivity contribution in [1.82, 2.24) is 9.97 Å². The molecule has 1 aliphatic rings. The molecular weight excluding hydrogens is 340 g/mol. The van der Waals surface area contributed by atoms with E-state index >= 15 is 0 Å². The maximum Gasteiger partial charge on any atom is 0.190 e. The van der Waals surface area contributed by atoms with Crippen LogP contribution in [-0.2, 0) is 0 Å². The first-order valence-corrected chi connectivity index (χ1v) is 10.1. The summed E-state index contributed by atoms with van der Waals surface area (Å²) in [6, 6.07) is 10.8. The van der Waals surface area contributed by atoms with E-state index in [1.54, 1.807) is 4.90 Å². The number of nitrogens with one attached hydrogen (secondary N) is 2. The summed E-state index contributed by atoms with van der Waals surface area (Å²) >= 11 is 8.00. The number of thioether (sulfide) groups is 1. The second kappa shape index (κ2) is 8.19. The van der Waals surface area contributed by atoms with Crippen LogP contribution in [0, 0.1) is 0 Å². The lowest BCUT2D eigenvalue weighted by atomic mass is 10.1. The van der Waals surface area contributed by atoms with Gasteiger partial charge in [0.15, 0.2) is 5.16 Å². The lowest BCUT2D eigenvalue weighted by molar-refractivity contribution is -0.908. The van der Waals surface area contributed by atoms with Crippen LogP contribution < -0.4 is 10.2 Å². The molecule has 24 heavy (non-hydrogen) atoms.